The van der Waals surface area contributed by atoms with Crippen LogP contribution in [-0.2, 0) is 9.53 Å². The first-order chi connectivity index (χ1) is 5.24. The van der Waals surface area contributed by atoms with Crippen LogP contribution in [0.4, 0.5) is 0 Å². The molecule has 3 nitrogen and oxygen atoms in total. The Bertz CT molecular complexity index is 187. The zero-order valence-corrected chi connectivity index (χ0v) is 6.67. The Labute approximate surface area is 66.2 Å². The molecule has 1 aliphatic carbocycles. The van der Waals surface area contributed by atoms with Crippen LogP contribution in [0.1, 0.15) is 19.8 Å². The van der Waals surface area contributed by atoms with Crippen LogP contribution in [0.15, 0.2) is 11.6 Å². The Hall–Kier alpha value is -0.830. The van der Waals surface area contributed by atoms with E-state index in [0.717, 1.165) is 12.0 Å². The highest BCUT2D eigenvalue weighted by Crippen LogP contribution is 2.17. The summed E-state index contributed by atoms with van der Waals surface area (Å²) in [6.07, 6.45) is 3.33. The van der Waals surface area contributed by atoms with Crippen LogP contribution in [-0.4, -0.2) is 18.6 Å². The molecule has 0 bridgehead atoms. The van der Waals surface area contributed by atoms with Gasteiger partial charge in [0.15, 0.2) is 0 Å². The van der Waals surface area contributed by atoms with Crippen LogP contribution in [0.2, 0.25) is 0 Å². The highest BCUT2D eigenvalue weighted by molar-refractivity contribution is 5.89. The molecule has 0 saturated heterocycles. The number of hydrogen-bond donors (Lipinski definition) is 1. The Morgan fingerprint density at radius 2 is 2.64 bits per heavy atom. The Balaban J connectivity index is 2.43. The molecule has 3 heteroatoms. The van der Waals surface area contributed by atoms with Crippen molar-refractivity contribution >= 4 is 5.97 Å². The van der Waals surface area contributed by atoms with E-state index in [4.69, 9.17) is 10.5 Å². The van der Waals surface area contributed by atoms with Gasteiger partial charge in [0.25, 0.3) is 0 Å². The fraction of sp³-hybridized carbons (Fsp3) is 0.625. The van der Waals surface area contributed by atoms with E-state index in [9.17, 15) is 4.79 Å². The molecule has 62 valence electrons. The Kier molecular flexibility index (Phi) is 2.65. The molecular weight excluding hydrogens is 142 g/mol. The summed E-state index contributed by atoms with van der Waals surface area (Å²) in [5.41, 5.74) is 6.33. The highest BCUT2D eigenvalue weighted by Gasteiger charge is 2.19. The average Bonchev–Trinajstić information content (AvgIpc) is 2.36. The van der Waals surface area contributed by atoms with Gasteiger partial charge in [-0.3, -0.25) is 0 Å². The summed E-state index contributed by atoms with van der Waals surface area (Å²) < 4.78 is 4.81. The van der Waals surface area contributed by atoms with Crippen molar-refractivity contribution in [3.8, 4) is 0 Å². The molecule has 0 aromatic heterocycles. The third-order valence-electron chi connectivity index (χ3n) is 1.69. The van der Waals surface area contributed by atoms with Crippen molar-refractivity contribution in [3.63, 3.8) is 0 Å². The normalized spacial score (nSPS) is 23.1. The minimum Gasteiger partial charge on any atom is -0.463 e. The number of ether oxygens (including phenoxy) is 1. The second kappa shape index (κ2) is 3.53. The van der Waals surface area contributed by atoms with E-state index in [1.807, 2.05) is 6.08 Å². The van der Waals surface area contributed by atoms with Gasteiger partial charge in [-0.1, -0.05) is 6.08 Å². The van der Waals surface area contributed by atoms with Crippen molar-refractivity contribution in [2.45, 2.75) is 25.8 Å². The minimum atomic E-state index is -0.208. The van der Waals surface area contributed by atoms with E-state index < -0.39 is 0 Å². The molecule has 0 aromatic rings. The average molecular weight is 155 g/mol. The molecule has 11 heavy (non-hydrogen) atoms. The molecule has 1 atom stereocenters. The van der Waals surface area contributed by atoms with Gasteiger partial charge in [0.2, 0.25) is 0 Å². The monoisotopic (exact) mass is 155 g/mol. The van der Waals surface area contributed by atoms with Crippen molar-refractivity contribution < 1.29 is 9.53 Å². The first-order valence-electron chi connectivity index (χ1n) is 3.85. The topological polar surface area (TPSA) is 52.3 Å². The lowest BCUT2D eigenvalue weighted by molar-refractivity contribution is -0.138. The molecule has 0 spiro atoms. The second-order valence-corrected chi connectivity index (χ2v) is 2.65. The van der Waals surface area contributed by atoms with Crippen molar-refractivity contribution in [2.75, 3.05) is 6.61 Å². The van der Waals surface area contributed by atoms with E-state index in [1.54, 1.807) is 6.92 Å². The minimum absolute atomic E-state index is 0.120. The van der Waals surface area contributed by atoms with Crippen LogP contribution in [0, 0.1) is 0 Å². The molecule has 1 aliphatic rings. The summed E-state index contributed by atoms with van der Waals surface area (Å²) in [6, 6.07) is 0.120. The zero-order chi connectivity index (χ0) is 8.27. The zero-order valence-electron chi connectivity index (χ0n) is 6.67. The molecule has 0 aliphatic heterocycles. The van der Waals surface area contributed by atoms with Crippen molar-refractivity contribution in [1.82, 2.24) is 0 Å². The SMILES string of the molecule is CCOC(=O)C1=CC[C@H](N)C1. The molecule has 0 fully saturated rings. The van der Waals surface area contributed by atoms with Gasteiger partial charge in [0, 0.05) is 11.6 Å². The lowest BCUT2D eigenvalue weighted by atomic mass is 10.2. The van der Waals surface area contributed by atoms with Gasteiger partial charge in [0.05, 0.1) is 6.61 Å². The molecule has 0 unspecified atom stereocenters. The third-order valence-corrected chi connectivity index (χ3v) is 1.69. The maximum atomic E-state index is 11.0. The van der Waals surface area contributed by atoms with Gasteiger partial charge in [-0.05, 0) is 19.8 Å². The van der Waals surface area contributed by atoms with Crippen LogP contribution in [0.5, 0.6) is 0 Å². The second-order valence-electron chi connectivity index (χ2n) is 2.65. The third kappa shape index (κ3) is 2.05. The lowest BCUT2D eigenvalue weighted by Gasteiger charge is -2.02. The van der Waals surface area contributed by atoms with Gasteiger partial charge in [-0.25, -0.2) is 4.79 Å². The van der Waals surface area contributed by atoms with Crippen molar-refractivity contribution in [1.29, 1.82) is 0 Å². The van der Waals surface area contributed by atoms with E-state index in [0.29, 0.717) is 13.0 Å². The molecule has 0 aromatic carbocycles. The van der Waals surface area contributed by atoms with Crippen molar-refractivity contribution in [2.24, 2.45) is 5.73 Å². The van der Waals surface area contributed by atoms with E-state index >= 15 is 0 Å². The van der Waals surface area contributed by atoms with E-state index in [1.165, 1.54) is 0 Å². The molecule has 0 amide bonds. The van der Waals surface area contributed by atoms with Crippen LogP contribution < -0.4 is 5.73 Å². The smallest absolute Gasteiger partial charge is 0.333 e. The van der Waals surface area contributed by atoms with E-state index in [2.05, 4.69) is 0 Å². The number of carbonyl (C=O) groups is 1. The van der Waals surface area contributed by atoms with Gasteiger partial charge < -0.3 is 10.5 Å². The summed E-state index contributed by atoms with van der Waals surface area (Å²) in [7, 11) is 0. The molecule has 0 saturated carbocycles. The van der Waals surface area contributed by atoms with Crippen LogP contribution in [0.25, 0.3) is 0 Å². The number of esters is 1. The molecule has 0 heterocycles. The molecule has 2 N–H and O–H groups in total. The highest BCUT2D eigenvalue weighted by atomic mass is 16.5. The summed E-state index contributed by atoms with van der Waals surface area (Å²) in [5, 5.41) is 0. The summed E-state index contributed by atoms with van der Waals surface area (Å²) >= 11 is 0. The first-order valence-corrected chi connectivity index (χ1v) is 3.85. The van der Waals surface area contributed by atoms with Crippen LogP contribution >= 0.6 is 0 Å². The van der Waals surface area contributed by atoms with Crippen molar-refractivity contribution in [3.05, 3.63) is 11.6 Å². The first kappa shape index (κ1) is 8.27. The Morgan fingerprint density at radius 3 is 3.09 bits per heavy atom. The largest absolute Gasteiger partial charge is 0.463 e. The Morgan fingerprint density at radius 1 is 1.91 bits per heavy atom. The lowest BCUT2D eigenvalue weighted by Crippen LogP contribution is -2.17. The maximum absolute atomic E-state index is 11.0. The molecule has 1 rings (SSSR count). The van der Waals surface area contributed by atoms with Gasteiger partial charge in [0.1, 0.15) is 0 Å². The van der Waals surface area contributed by atoms with Gasteiger partial charge in [-0.15, -0.1) is 0 Å². The summed E-state index contributed by atoms with van der Waals surface area (Å²) in [6.45, 7) is 2.23. The molecule has 0 radical (unpaired) electrons. The summed E-state index contributed by atoms with van der Waals surface area (Å²) in [4.78, 5) is 11.0. The van der Waals surface area contributed by atoms with Gasteiger partial charge >= 0.3 is 5.97 Å². The standard InChI is InChI=1S/C8H13NO2/c1-2-11-8(10)6-3-4-7(9)5-6/h3,7H,2,4-5,9H2,1H3/t7-/m0/s1. The fourth-order valence-corrected chi connectivity index (χ4v) is 1.13. The number of carbonyl (C=O) groups excluding carboxylic acids is 1. The molecular formula is C8H13NO2. The quantitative estimate of drug-likeness (QED) is 0.594. The van der Waals surface area contributed by atoms with E-state index in [-0.39, 0.29) is 12.0 Å². The maximum Gasteiger partial charge on any atom is 0.333 e. The van der Waals surface area contributed by atoms with Crippen LogP contribution in [0.3, 0.4) is 0 Å². The number of nitrogens with two attached hydrogens (primary N) is 1. The number of rotatable bonds is 2. The predicted octanol–water partition coefficient (Wildman–Crippen LogP) is 0.597. The summed E-state index contributed by atoms with van der Waals surface area (Å²) in [5.74, 6) is -0.208. The number of hydrogen-bond acceptors (Lipinski definition) is 3. The predicted molar refractivity (Wildman–Crippen MR) is 41.9 cm³/mol. The van der Waals surface area contributed by atoms with Gasteiger partial charge in [-0.2, -0.15) is 0 Å². The fourth-order valence-electron chi connectivity index (χ4n) is 1.13.